The van der Waals surface area contributed by atoms with Gasteiger partial charge in [0, 0.05) is 52.0 Å². The van der Waals surface area contributed by atoms with Gasteiger partial charge in [0.25, 0.3) is 0 Å². The van der Waals surface area contributed by atoms with Crippen molar-refractivity contribution in [3.63, 3.8) is 0 Å². The average Bonchev–Trinajstić information content (AvgIpc) is 3.35. The molecular formula is C39H31NO2. The number of nitrogens with zero attached hydrogens (tertiary/aromatic N) is 1. The Kier molecular flexibility index (Phi) is 5.58. The van der Waals surface area contributed by atoms with Crippen LogP contribution in [0.2, 0.25) is 0 Å². The predicted octanol–water partition coefficient (Wildman–Crippen LogP) is 8.03. The van der Waals surface area contributed by atoms with Crippen molar-refractivity contribution in [3.05, 3.63) is 137 Å². The van der Waals surface area contributed by atoms with Gasteiger partial charge in [-0.15, -0.1) is 6.42 Å². The monoisotopic (exact) mass is 545 g/mol. The van der Waals surface area contributed by atoms with E-state index in [9.17, 15) is 5.11 Å². The summed E-state index contributed by atoms with van der Waals surface area (Å²) in [7, 11) is 0. The van der Waals surface area contributed by atoms with Gasteiger partial charge in [-0.05, 0) is 54.0 Å². The maximum absolute atomic E-state index is 12.1. The van der Waals surface area contributed by atoms with Crippen LogP contribution in [0.4, 0.5) is 5.69 Å². The highest BCUT2D eigenvalue weighted by Gasteiger charge is 2.46. The summed E-state index contributed by atoms with van der Waals surface area (Å²) in [6.45, 7) is 2.20. The van der Waals surface area contributed by atoms with Crippen LogP contribution in [-0.2, 0) is 11.2 Å². The first-order valence-corrected chi connectivity index (χ1v) is 14.8. The average molecular weight is 546 g/mol. The zero-order chi connectivity index (χ0) is 28.3. The van der Waals surface area contributed by atoms with Gasteiger partial charge in [-0.1, -0.05) is 103 Å². The second-order valence-electron chi connectivity index (χ2n) is 11.6. The number of terminal acetylenes is 1. The second kappa shape index (κ2) is 9.38. The Bertz CT molecular complexity index is 1910. The molecular weight excluding hydrogens is 514 g/mol. The Labute approximate surface area is 246 Å². The highest BCUT2D eigenvalue weighted by atomic mass is 16.5. The predicted molar refractivity (Wildman–Crippen MR) is 171 cm³/mol. The molecule has 1 fully saturated rings. The van der Waals surface area contributed by atoms with Crippen LogP contribution >= 0.6 is 0 Å². The zero-order valence-electron chi connectivity index (χ0n) is 23.4. The molecule has 42 heavy (non-hydrogen) atoms. The SMILES string of the molecule is C#CC1(O)c2ccccc2-c2c1c1c(c3ccccc23)OC(c2ccccc2)(c2ccc(N3CCCCC3)cc2)C=C1. The summed E-state index contributed by atoms with van der Waals surface area (Å²) >= 11 is 0. The lowest BCUT2D eigenvalue weighted by Crippen LogP contribution is -2.35. The van der Waals surface area contributed by atoms with E-state index in [1.165, 1.54) is 24.9 Å². The number of piperidine rings is 1. The number of ether oxygens (including phenoxy) is 1. The fraction of sp³-hybridized carbons (Fsp3) is 0.179. The number of anilines is 1. The lowest BCUT2D eigenvalue weighted by Gasteiger charge is -2.38. The van der Waals surface area contributed by atoms with E-state index >= 15 is 0 Å². The highest BCUT2D eigenvalue weighted by molar-refractivity contribution is 6.08. The normalized spacial score (nSPS) is 22.1. The van der Waals surface area contributed by atoms with E-state index in [-0.39, 0.29) is 0 Å². The molecule has 5 aromatic rings. The standard InChI is InChI=1S/C39H31NO2/c1-2-38(41)34-18-10-9-17-32(34)35-30-15-7-8-16-31(30)37-33(36(35)38)23-24-39(42-37,27-13-5-3-6-14-27)28-19-21-29(22-20-28)40-25-11-4-12-26-40/h1,3,5-10,13-24,41H,4,11-12,25-26H2. The number of rotatable bonds is 3. The summed E-state index contributed by atoms with van der Waals surface area (Å²) in [5, 5.41) is 14.1. The van der Waals surface area contributed by atoms with Gasteiger partial charge in [-0.3, -0.25) is 0 Å². The summed E-state index contributed by atoms with van der Waals surface area (Å²) in [5.41, 5.74) is 5.16. The van der Waals surface area contributed by atoms with E-state index in [0.29, 0.717) is 0 Å². The van der Waals surface area contributed by atoms with Crippen molar-refractivity contribution in [1.29, 1.82) is 0 Å². The van der Waals surface area contributed by atoms with E-state index < -0.39 is 11.2 Å². The van der Waals surface area contributed by atoms with Crippen molar-refractivity contribution in [1.82, 2.24) is 0 Å². The Morgan fingerprint density at radius 2 is 1.40 bits per heavy atom. The van der Waals surface area contributed by atoms with Crippen molar-refractivity contribution in [3.8, 4) is 29.2 Å². The molecule has 0 spiro atoms. The molecule has 2 atom stereocenters. The molecule has 3 heteroatoms. The summed E-state index contributed by atoms with van der Waals surface area (Å²) in [4.78, 5) is 2.48. The molecule has 1 N–H and O–H groups in total. The molecule has 0 aromatic heterocycles. The summed E-state index contributed by atoms with van der Waals surface area (Å²) < 4.78 is 7.27. The van der Waals surface area contributed by atoms with Crippen molar-refractivity contribution in [2.75, 3.05) is 18.0 Å². The van der Waals surface area contributed by atoms with Crippen molar-refractivity contribution in [2.24, 2.45) is 0 Å². The van der Waals surface area contributed by atoms with Gasteiger partial charge in [0.1, 0.15) is 5.75 Å². The molecule has 2 aliphatic heterocycles. The topological polar surface area (TPSA) is 32.7 Å². The molecule has 0 saturated carbocycles. The van der Waals surface area contributed by atoms with E-state index in [1.807, 2.05) is 42.5 Å². The van der Waals surface area contributed by atoms with Crippen LogP contribution in [0.15, 0.2) is 109 Å². The van der Waals surface area contributed by atoms with Crippen LogP contribution in [0.1, 0.15) is 47.1 Å². The number of hydrogen-bond donors (Lipinski definition) is 1. The molecule has 8 rings (SSSR count). The maximum atomic E-state index is 12.1. The third-order valence-corrected chi connectivity index (χ3v) is 9.33. The first kappa shape index (κ1) is 25.0. The molecule has 3 nitrogen and oxygen atoms in total. The van der Waals surface area contributed by atoms with Crippen LogP contribution in [-0.4, -0.2) is 18.2 Å². The van der Waals surface area contributed by atoms with E-state index in [2.05, 4.69) is 83.6 Å². The Morgan fingerprint density at radius 3 is 2.17 bits per heavy atom. The highest BCUT2D eigenvalue weighted by Crippen LogP contribution is 2.57. The molecule has 3 aliphatic rings. The molecule has 204 valence electrons. The van der Waals surface area contributed by atoms with Crippen LogP contribution in [0.5, 0.6) is 5.75 Å². The first-order chi connectivity index (χ1) is 20.6. The van der Waals surface area contributed by atoms with E-state index in [0.717, 1.165) is 68.6 Å². The molecule has 1 saturated heterocycles. The van der Waals surface area contributed by atoms with Crippen molar-refractivity contribution < 1.29 is 9.84 Å². The van der Waals surface area contributed by atoms with Crippen LogP contribution in [0.3, 0.4) is 0 Å². The van der Waals surface area contributed by atoms with Crippen LogP contribution in [0, 0.1) is 12.3 Å². The Balaban J connectivity index is 1.36. The van der Waals surface area contributed by atoms with Gasteiger partial charge in [0.05, 0.1) is 0 Å². The van der Waals surface area contributed by atoms with Gasteiger partial charge in [-0.25, -0.2) is 0 Å². The lowest BCUT2D eigenvalue weighted by atomic mass is 9.80. The van der Waals surface area contributed by atoms with Crippen LogP contribution in [0.25, 0.3) is 28.0 Å². The molecule has 5 aromatic carbocycles. The van der Waals surface area contributed by atoms with Gasteiger partial charge >= 0.3 is 0 Å². The van der Waals surface area contributed by atoms with Gasteiger partial charge in [0.2, 0.25) is 0 Å². The smallest absolute Gasteiger partial charge is 0.178 e. The lowest BCUT2D eigenvalue weighted by molar-refractivity contribution is 0.145. The molecule has 1 aliphatic carbocycles. The molecule has 0 bridgehead atoms. The number of benzene rings is 5. The van der Waals surface area contributed by atoms with Crippen LogP contribution < -0.4 is 9.64 Å². The zero-order valence-corrected chi connectivity index (χ0v) is 23.4. The molecule has 0 amide bonds. The number of fused-ring (bicyclic) bond motifs is 8. The van der Waals surface area contributed by atoms with E-state index in [1.54, 1.807) is 0 Å². The quantitative estimate of drug-likeness (QED) is 0.233. The number of aliphatic hydroxyl groups is 1. The second-order valence-corrected chi connectivity index (χ2v) is 11.6. The maximum Gasteiger partial charge on any atom is 0.178 e. The molecule has 0 radical (unpaired) electrons. The minimum atomic E-state index is -1.56. The summed E-state index contributed by atoms with van der Waals surface area (Å²) in [6.07, 6.45) is 14.2. The molecule has 2 unspecified atom stereocenters. The number of hydrogen-bond acceptors (Lipinski definition) is 3. The molecule has 2 heterocycles. The fourth-order valence-electron chi connectivity index (χ4n) is 7.28. The Hall–Kier alpha value is -4.78. The fourth-order valence-corrected chi connectivity index (χ4v) is 7.28. The first-order valence-electron chi connectivity index (χ1n) is 14.8. The Morgan fingerprint density at radius 1 is 0.738 bits per heavy atom. The third-order valence-electron chi connectivity index (χ3n) is 9.33. The van der Waals surface area contributed by atoms with Gasteiger partial charge in [-0.2, -0.15) is 0 Å². The van der Waals surface area contributed by atoms with Crippen molar-refractivity contribution in [2.45, 2.75) is 30.5 Å². The minimum absolute atomic E-state index is 0.721. The van der Waals surface area contributed by atoms with Crippen molar-refractivity contribution >= 4 is 22.5 Å². The third kappa shape index (κ3) is 3.46. The van der Waals surface area contributed by atoms with Gasteiger partial charge < -0.3 is 14.7 Å². The van der Waals surface area contributed by atoms with E-state index in [4.69, 9.17) is 11.2 Å². The summed E-state index contributed by atoms with van der Waals surface area (Å²) in [5.74, 6) is 3.48. The largest absolute Gasteiger partial charge is 0.472 e. The van der Waals surface area contributed by atoms with Gasteiger partial charge in [0.15, 0.2) is 11.2 Å². The summed E-state index contributed by atoms with van der Waals surface area (Å²) in [6, 6.07) is 35.5. The minimum Gasteiger partial charge on any atom is -0.472 e.